The monoisotopic (exact) mass is 452 g/mol. The predicted molar refractivity (Wildman–Crippen MR) is 128 cm³/mol. The molecule has 2 saturated carbocycles. The molecule has 1 aliphatic heterocycles. The molecule has 1 N–H and O–H groups in total. The van der Waals surface area contributed by atoms with Crippen LogP contribution in [0.25, 0.3) is 0 Å². The summed E-state index contributed by atoms with van der Waals surface area (Å²) in [6, 6.07) is 13.7. The zero-order chi connectivity index (χ0) is 22.7. The van der Waals surface area contributed by atoms with E-state index in [0.717, 1.165) is 16.8 Å². The number of fused-ring (bicyclic) bond motifs is 1. The average Bonchev–Trinajstić information content (AvgIpc) is 3.61. The third-order valence-corrected chi connectivity index (χ3v) is 8.48. The molecule has 1 unspecified atom stereocenters. The Hall–Kier alpha value is -2.34. The van der Waals surface area contributed by atoms with E-state index in [1.165, 1.54) is 31.2 Å². The Bertz CT molecular complexity index is 1150. The molecule has 32 heavy (non-hydrogen) atoms. The Balaban J connectivity index is 1.38. The maximum atomic E-state index is 12.9. The van der Waals surface area contributed by atoms with Crippen molar-refractivity contribution in [1.82, 2.24) is 0 Å². The minimum atomic E-state index is -3.54. The van der Waals surface area contributed by atoms with Crippen molar-refractivity contribution in [2.24, 2.45) is 5.92 Å². The summed E-state index contributed by atoms with van der Waals surface area (Å²) >= 11 is 0. The smallest absolute Gasteiger partial charge is 0.236 e. The van der Waals surface area contributed by atoms with Gasteiger partial charge in [0.05, 0.1) is 5.75 Å². The van der Waals surface area contributed by atoms with Crippen molar-refractivity contribution >= 4 is 27.3 Å². The van der Waals surface area contributed by atoms with Crippen LogP contribution >= 0.6 is 0 Å². The molecule has 0 bridgehead atoms. The van der Waals surface area contributed by atoms with Crippen LogP contribution in [0, 0.1) is 5.92 Å². The van der Waals surface area contributed by atoms with E-state index < -0.39 is 10.0 Å². The summed E-state index contributed by atoms with van der Waals surface area (Å²) in [5, 5.41) is 0. The Labute approximate surface area is 191 Å². The van der Waals surface area contributed by atoms with Gasteiger partial charge in [0.1, 0.15) is 0 Å². The third kappa shape index (κ3) is 4.29. The van der Waals surface area contributed by atoms with Crippen LogP contribution in [0.4, 0.5) is 11.4 Å². The minimum Gasteiger partial charge on any atom is -0.309 e. The lowest BCUT2D eigenvalue weighted by Crippen LogP contribution is -2.47. The molecule has 2 aromatic rings. The number of carbonyl (C=O) groups excluding carboxylic acids is 1. The van der Waals surface area contributed by atoms with Crippen LogP contribution in [-0.4, -0.2) is 20.4 Å². The highest BCUT2D eigenvalue weighted by Gasteiger charge is 2.42. The molecule has 0 radical (unpaired) electrons. The molecule has 0 saturated heterocycles. The normalized spacial score (nSPS) is 21.2. The number of nitrogens with one attached hydrogen (secondary N) is 1. The van der Waals surface area contributed by atoms with Crippen molar-refractivity contribution in [2.75, 3.05) is 9.62 Å². The van der Waals surface area contributed by atoms with Crippen LogP contribution in [0.5, 0.6) is 0 Å². The van der Waals surface area contributed by atoms with Gasteiger partial charge in [0.25, 0.3) is 0 Å². The van der Waals surface area contributed by atoms with Crippen LogP contribution in [-0.2, 0) is 26.0 Å². The second kappa shape index (κ2) is 7.62. The Kier molecular flexibility index (Phi) is 5.12. The molecule has 1 amide bonds. The van der Waals surface area contributed by atoms with Gasteiger partial charge in [0, 0.05) is 29.3 Å². The standard InChI is InChI=1S/C26H32N2O3S/c1-17(19-8-9-19)28-24-13-12-22(14-23(24)26(2,3)15-25(28)29)27-32(30,31)16-18-4-6-20(7-5-18)21-10-11-21/h4-7,12-14,17,19,21,27H,8-11,15-16H2,1-3H3. The Morgan fingerprint density at radius 1 is 1.06 bits per heavy atom. The lowest BCUT2D eigenvalue weighted by atomic mass is 9.76. The molecule has 6 heteroatoms. The predicted octanol–water partition coefficient (Wildman–Crippen LogP) is 5.32. The van der Waals surface area contributed by atoms with E-state index in [1.807, 2.05) is 29.2 Å². The number of benzene rings is 2. The summed E-state index contributed by atoms with van der Waals surface area (Å²) in [5.74, 6) is 1.33. The summed E-state index contributed by atoms with van der Waals surface area (Å²) in [6.45, 7) is 6.24. The van der Waals surface area contributed by atoms with E-state index in [4.69, 9.17) is 0 Å². The number of carbonyl (C=O) groups is 1. The highest BCUT2D eigenvalue weighted by Crippen LogP contribution is 2.46. The lowest BCUT2D eigenvalue weighted by molar-refractivity contribution is -0.120. The van der Waals surface area contributed by atoms with E-state index in [-0.39, 0.29) is 23.1 Å². The molecule has 1 atom stereocenters. The molecular formula is C26H32N2O3S. The van der Waals surface area contributed by atoms with Gasteiger partial charge in [-0.2, -0.15) is 0 Å². The number of sulfonamides is 1. The molecule has 0 aromatic heterocycles. The summed E-state index contributed by atoms with van der Waals surface area (Å²) < 4.78 is 28.5. The van der Waals surface area contributed by atoms with E-state index in [9.17, 15) is 13.2 Å². The largest absolute Gasteiger partial charge is 0.309 e. The van der Waals surface area contributed by atoms with Gasteiger partial charge >= 0.3 is 0 Å². The molecule has 2 aromatic carbocycles. The van der Waals surface area contributed by atoms with Gasteiger partial charge in [0.15, 0.2) is 0 Å². The first-order chi connectivity index (χ1) is 15.1. The molecule has 3 aliphatic rings. The zero-order valence-corrected chi connectivity index (χ0v) is 19.9. The second-order valence-electron chi connectivity index (χ2n) is 10.5. The van der Waals surface area contributed by atoms with Gasteiger partial charge in [-0.25, -0.2) is 8.42 Å². The number of amides is 1. The fourth-order valence-corrected chi connectivity index (χ4v) is 6.21. The van der Waals surface area contributed by atoms with E-state index in [0.29, 0.717) is 23.9 Å². The summed E-state index contributed by atoms with van der Waals surface area (Å²) in [6.07, 6.45) is 5.24. The van der Waals surface area contributed by atoms with Gasteiger partial charge in [-0.15, -0.1) is 0 Å². The number of nitrogens with zero attached hydrogens (tertiary/aromatic N) is 1. The van der Waals surface area contributed by atoms with Gasteiger partial charge in [-0.1, -0.05) is 38.1 Å². The maximum absolute atomic E-state index is 12.9. The molecule has 1 heterocycles. The summed E-state index contributed by atoms with van der Waals surface area (Å²) in [5.41, 5.74) is 4.25. The molecule has 2 aliphatic carbocycles. The lowest BCUT2D eigenvalue weighted by Gasteiger charge is -2.41. The Morgan fingerprint density at radius 2 is 1.75 bits per heavy atom. The van der Waals surface area contributed by atoms with Gasteiger partial charge in [-0.3, -0.25) is 9.52 Å². The molecule has 170 valence electrons. The zero-order valence-electron chi connectivity index (χ0n) is 19.1. The first-order valence-electron chi connectivity index (χ1n) is 11.7. The van der Waals surface area contributed by atoms with Crippen molar-refractivity contribution in [3.05, 3.63) is 59.2 Å². The minimum absolute atomic E-state index is 0.0538. The van der Waals surface area contributed by atoms with Crippen LogP contribution in [0.2, 0.25) is 0 Å². The molecule has 2 fully saturated rings. The number of hydrogen-bond acceptors (Lipinski definition) is 3. The quantitative estimate of drug-likeness (QED) is 0.618. The maximum Gasteiger partial charge on any atom is 0.236 e. The highest BCUT2D eigenvalue weighted by atomic mass is 32.2. The van der Waals surface area contributed by atoms with Crippen molar-refractivity contribution in [1.29, 1.82) is 0 Å². The van der Waals surface area contributed by atoms with Crippen LogP contribution < -0.4 is 9.62 Å². The molecule has 5 rings (SSSR count). The molecular weight excluding hydrogens is 420 g/mol. The first-order valence-corrected chi connectivity index (χ1v) is 13.3. The van der Waals surface area contributed by atoms with Gasteiger partial charge in [-0.05, 0) is 79.3 Å². The topological polar surface area (TPSA) is 66.5 Å². The van der Waals surface area contributed by atoms with Crippen molar-refractivity contribution in [3.63, 3.8) is 0 Å². The van der Waals surface area contributed by atoms with Crippen LogP contribution in [0.15, 0.2) is 42.5 Å². The number of anilines is 2. The summed E-state index contributed by atoms with van der Waals surface area (Å²) in [7, 11) is -3.54. The fraction of sp³-hybridized carbons (Fsp3) is 0.500. The number of rotatable bonds is 7. The molecule has 5 nitrogen and oxygen atoms in total. The van der Waals surface area contributed by atoms with Crippen molar-refractivity contribution < 1.29 is 13.2 Å². The van der Waals surface area contributed by atoms with E-state index in [1.54, 1.807) is 6.07 Å². The second-order valence-corrected chi connectivity index (χ2v) is 12.2. The first kappa shape index (κ1) is 21.5. The SMILES string of the molecule is CC(C1CC1)N1C(=O)CC(C)(C)c2cc(NS(=O)(=O)Cc3ccc(C4CC4)cc3)ccc21. The van der Waals surface area contributed by atoms with Crippen LogP contribution in [0.3, 0.4) is 0 Å². The van der Waals surface area contributed by atoms with Gasteiger partial charge in [0.2, 0.25) is 15.9 Å². The molecule has 0 spiro atoms. The van der Waals surface area contributed by atoms with Crippen LogP contribution in [0.1, 0.15) is 75.5 Å². The third-order valence-electron chi connectivity index (χ3n) is 7.22. The average molecular weight is 453 g/mol. The Morgan fingerprint density at radius 3 is 2.38 bits per heavy atom. The van der Waals surface area contributed by atoms with Crippen molar-refractivity contribution in [2.45, 2.75) is 76.0 Å². The number of hydrogen-bond donors (Lipinski definition) is 1. The fourth-order valence-electron chi connectivity index (χ4n) is 5.02. The van der Waals surface area contributed by atoms with Gasteiger partial charge < -0.3 is 4.90 Å². The van der Waals surface area contributed by atoms with Crippen molar-refractivity contribution in [3.8, 4) is 0 Å². The summed E-state index contributed by atoms with van der Waals surface area (Å²) in [4.78, 5) is 14.9. The van der Waals surface area contributed by atoms with E-state index >= 15 is 0 Å². The van der Waals surface area contributed by atoms with E-state index in [2.05, 4.69) is 37.6 Å². The highest BCUT2D eigenvalue weighted by molar-refractivity contribution is 7.91.